The van der Waals surface area contributed by atoms with E-state index >= 15 is 0 Å². The number of hydrogen-bond donors (Lipinski definition) is 2. The third kappa shape index (κ3) is 4.14. The first-order valence-corrected chi connectivity index (χ1v) is 10.1. The van der Waals surface area contributed by atoms with Gasteiger partial charge in [-0.3, -0.25) is 0 Å². The van der Waals surface area contributed by atoms with E-state index in [1.807, 2.05) is 30.4 Å². The molecule has 0 radical (unpaired) electrons. The zero-order valence-electron chi connectivity index (χ0n) is 11.3. The molecule has 2 rings (SSSR count). The van der Waals surface area contributed by atoms with Gasteiger partial charge in [-0.2, -0.15) is 23.5 Å². The Labute approximate surface area is 128 Å². The van der Waals surface area contributed by atoms with Crippen LogP contribution in [0.1, 0.15) is 11.1 Å². The molecule has 2 N–H and O–H groups in total. The van der Waals surface area contributed by atoms with E-state index in [9.17, 15) is 13.5 Å². The van der Waals surface area contributed by atoms with Crippen molar-refractivity contribution in [3.8, 4) is 0 Å². The van der Waals surface area contributed by atoms with Gasteiger partial charge in [0, 0.05) is 29.1 Å². The van der Waals surface area contributed by atoms with Gasteiger partial charge in [0.1, 0.15) is 0 Å². The lowest BCUT2D eigenvalue weighted by atomic mass is 10.1. The van der Waals surface area contributed by atoms with Crippen LogP contribution in [0.4, 0.5) is 0 Å². The summed E-state index contributed by atoms with van der Waals surface area (Å²) in [5, 5.41) is 9.56. The highest BCUT2D eigenvalue weighted by Crippen LogP contribution is 2.24. The van der Waals surface area contributed by atoms with Gasteiger partial charge >= 0.3 is 0 Å². The van der Waals surface area contributed by atoms with E-state index in [2.05, 4.69) is 4.72 Å². The molecule has 0 bridgehead atoms. The van der Waals surface area contributed by atoms with E-state index in [0.29, 0.717) is 17.4 Å². The van der Waals surface area contributed by atoms with Crippen molar-refractivity contribution in [1.29, 1.82) is 0 Å². The van der Waals surface area contributed by atoms with Gasteiger partial charge in [-0.25, -0.2) is 13.1 Å². The zero-order chi connectivity index (χ0) is 14.6. The number of nitrogens with one attached hydrogen (secondary N) is 1. The van der Waals surface area contributed by atoms with Gasteiger partial charge in [0.15, 0.2) is 0 Å². The first-order valence-electron chi connectivity index (χ1n) is 6.42. The SMILES string of the molecule is Cc1ccc(S(=O)(=O)NCC2CSCCS2)cc1CO. The fourth-order valence-corrected chi connectivity index (χ4v) is 5.77. The number of rotatable bonds is 5. The van der Waals surface area contributed by atoms with Crippen LogP contribution in [0.2, 0.25) is 0 Å². The second-order valence-corrected chi connectivity index (χ2v) is 8.99. The van der Waals surface area contributed by atoms with Crippen molar-refractivity contribution in [2.45, 2.75) is 23.7 Å². The zero-order valence-corrected chi connectivity index (χ0v) is 13.8. The lowest BCUT2D eigenvalue weighted by Crippen LogP contribution is -2.33. The highest BCUT2D eigenvalue weighted by molar-refractivity contribution is 8.06. The lowest BCUT2D eigenvalue weighted by Gasteiger charge is -2.21. The average Bonchev–Trinajstić information content (AvgIpc) is 2.46. The summed E-state index contributed by atoms with van der Waals surface area (Å²) in [7, 11) is -3.49. The minimum absolute atomic E-state index is 0.149. The average molecular weight is 334 g/mol. The fraction of sp³-hybridized carbons (Fsp3) is 0.538. The summed E-state index contributed by atoms with van der Waals surface area (Å²) in [6.45, 7) is 2.16. The van der Waals surface area contributed by atoms with Crippen LogP contribution in [0.3, 0.4) is 0 Å². The van der Waals surface area contributed by atoms with E-state index in [0.717, 1.165) is 22.8 Å². The molecule has 112 valence electrons. The second-order valence-electron chi connectivity index (χ2n) is 4.67. The van der Waals surface area contributed by atoms with Crippen LogP contribution < -0.4 is 4.72 Å². The summed E-state index contributed by atoms with van der Waals surface area (Å²) in [6, 6.07) is 4.85. The number of sulfonamides is 1. The molecular weight excluding hydrogens is 314 g/mol. The number of aliphatic hydroxyl groups excluding tert-OH is 1. The predicted octanol–water partition coefficient (Wildman–Crippen LogP) is 1.61. The molecule has 1 aromatic carbocycles. The van der Waals surface area contributed by atoms with Gasteiger partial charge in [0.05, 0.1) is 11.5 Å². The highest BCUT2D eigenvalue weighted by atomic mass is 32.2. The second kappa shape index (κ2) is 7.17. The topological polar surface area (TPSA) is 66.4 Å². The van der Waals surface area contributed by atoms with E-state index < -0.39 is 10.0 Å². The summed E-state index contributed by atoms with van der Waals surface area (Å²) in [6.07, 6.45) is 0. The van der Waals surface area contributed by atoms with Gasteiger partial charge in [-0.05, 0) is 30.2 Å². The lowest BCUT2D eigenvalue weighted by molar-refractivity contribution is 0.280. The smallest absolute Gasteiger partial charge is 0.240 e. The normalized spacial score (nSPS) is 20.0. The largest absolute Gasteiger partial charge is 0.392 e. The van der Waals surface area contributed by atoms with Crippen LogP contribution in [-0.2, 0) is 16.6 Å². The molecule has 0 aromatic heterocycles. The summed E-state index contributed by atoms with van der Waals surface area (Å²) < 4.78 is 27.2. The Morgan fingerprint density at radius 2 is 2.20 bits per heavy atom. The Morgan fingerprint density at radius 1 is 1.40 bits per heavy atom. The summed E-state index contributed by atoms with van der Waals surface area (Å²) in [4.78, 5) is 0.223. The van der Waals surface area contributed by atoms with Gasteiger partial charge in [-0.1, -0.05) is 6.07 Å². The quantitative estimate of drug-likeness (QED) is 0.857. The van der Waals surface area contributed by atoms with Crippen LogP contribution in [0, 0.1) is 6.92 Å². The number of aliphatic hydroxyl groups is 1. The van der Waals surface area contributed by atoms with E-state index in [4.69, 9.17) is 0 Å². The first-order chi connectivity index (χ1) is 9.53. The van der Waals surface area contributed by atoms with Crippen LogP contribution >= 0.6 is 23.5 Å². The van der Waals surface area contributed by atoms with Crippen molar-refractivity contribution in [2.75, 3.05) is 23.8 Å². The molecule has 1 fully saturated rings. The molecule has 1 unspecified atom stereocenters. The highest BCUT2D eigenvalue weighted by Gasteiger charge is 2.19. The Morgan fingerprint density at radius 3 is 2.85 bits per heavy atom. The van der Waals surface area contributed by atoms with Gasteiger partial charge in [0.25, 0.3) is 0 Å². The number of benzene rings is 1. The standard InChI is InChI=1S/C13H19NO3S3/c1-10-2-3-13(6-11(10)8-15)20(16,17)14-7-12-9-18-4-5-19-12/h2-3,6,12,14-15H,4-5,7-9H2,1H3. The van der Waals surface area contributed by atoms with Crippen LogP contribution in [0.5, 0.6) is 0 Å². The summed E-state index contributed by atoms with van der Waals surface area (Å²) in [5.41, 5.74) is 1.54. The van der Waals surface area contributed by atoms with Crippen molar-refractivity contribution < 1.29 is 13.5 Å². The first kappa shape index (κ1) is 16.2. The van der Waals surface area contributed by atoms with E-state index in [1.165, 1.54) is 0 Å². The van der Waals surface area contributed by atoms with Gasteiger partial charge in [-0.15, -0.1) is 0 Å². The number of aryl methyl sites for hydroxylation is 1. The predicted molar refractivity (Wildman–Crippen MR) is 85.9 cm³/mol. The molecule has 1 atom stereocenters. The maximum Gasteiger partial charge on any atom is 0.240 e. The minimum atomic E-state index is -3.49. The molecule has 1 aliphatic heterocycles. The molecule has 4 nitrogen and oxygen atoms in total. The maximum atomic E-state index is 12.2. The van der Waals surface area contributed by atoms with E-state index in [-0.39, 0.29) is 11.5 Å². The summed E-state index contributed by atoms with van der Waals surface area (Å²) >= 11 is 3.69. The summed E-state index contributed by atoms with van der Waals surface area (Å²) in [5.74, 6) is 3.21. The van der Waals surface area contributed by atoms with Crippen molar-refractivity contribution in [3.05, 3.63) is 29.3 Å². The number of thioether (sulfide) groups is 2. The molecule has 20 heavy (non-hydrogen) atoms. The molecule has 1 aliphatic rings. The van der Waals surface area contributed by atoms with Crippen molar-refractivity contribution in [2.24, 2.45) is 0 Å². The maximum absolute atomic E-state index is 12.2. The number of hydrogen-bond acceptors (Lipinski definition) is 5. The van der Waals surface area contributed by atoms with Crippen molar-refractivity contribution in [1.82, 2.24) is 4.72 Å². The minimum Gasteiger partial charge on any atom is -0.392 e. The van der Waals surface area contributed by atoms with Crippen LogP contribution in [0.25, 0.3) is 0 Å². The molecule has 1 aromatic rings. The van der Waals surface area contributed by atoms with Gasteiger partial charge < -0.3 is 5.11 Å². The monoisotopic (exact) mass is 333 g/mol. The van der Waals surface area contributed by atoms with E-state index in [1.54, 1.807) is 18.2 Å². The molecule has 0 amide bonds. The molecule has 1 saturated heterocycles. The Hall–Kier alpha value is -0.210. The molecule has 0 spiro atoms. The Kier molecular flexibility index (Phi) is 5.80. The molecule has 1 heterocycles. The van der Waals surface area contributed by atoms with Gasteiger partial charge in [0.2, 0.25) is 10.0 Å². The van der Waals surface area contributed by atoms with Crippen LogP contribution in [-0.4, -0.2) is 42.6 Å². The molecule has 0 aliphatic carbocycles. The molecule has 7 heteroatoms. The molecular formula is C13H19NO3S3. The third-order valence-electron chi connectivity index (χ3n) is 3.19. The Bertz CT molecular complexity index is 554. The van der Waals surface area contributed by atoms with Crippen LogP contribution in [0.15, 0.2) is 23.1 Å². The van der Waals surface area contributed by atoms with Crippen molar-refractivity contribution in [3.63, 3.8) is 0 Å². The third-order valence-corrected chi connectivity index (χ3v) is 7.45. The fourth-order valence-electron chi connectivity index (χ4n) is 1.93. The van der Waals surface area contributed by atoms with Crippen molar-refractivity contribution >= 4 is 33.5 Å². The molecule has 0 saturated carbocycles. The Balaban J connectivity index is 2.05.